The molecular formula is C12H9F2NO3. The number of halogens is 2. The van der Waals surface area contributed by atoms with Crippen molar-refractivity contribution in [1.29, 1.82) is 0 Å². The Bertz CT molecular complexity index is 560. The first kappa shape index (κ1) is 12.1. The van der Waals surface area contributed by atoms with Crippen molar-refractivity contribution in [1.82, 2.24) is 0 Å². The van der Waals surface area contributed by atoms with E-state index >= 15 is 0 Å². The van der Waals surface area contributed by atoms with Gasteiger partial charge in [-0.3, -0.25) is 0 Å². The molecule has 94 valence electrons. The Labute approximate surface area is 101 Å². The molecule has 2 rings (SSSR count). The second-order valence-corrected chi connectivity index (χ2v) is 3.57. The molecule has 1 aromatic heterocycles. The van der Waals surface area contributed by atoms with E-state index < -0.39 is 17.6 Å². The molecule has 0 saturated carbocycles. The third-order valence-corrected chi connectivity index (χ3v) is 2.29. The van der Waals surface area contributed by atoms with E-state index in [0.717, 1.165) is 18.2 Å². The maximum absolute atomic E-state index is 12.9. The molecule has 6 heteroatoms. The Morgan fingerprint density at radius 1 is 1.28 bits per heavy atom. The van der Waals surface area contributed by atoms with Crippen LogP contribution in [0.1, 0.15) is 16.1 Å². The van der Waals surface area contributed by atoms with Crippen LogP contribution in [0, 0.1) is 11.6 Å². The van der Waals surface area contributed by atoms with E-state index in [-0.39, 0.29) is 23.6 Å². The van der Waals surface area contributed by atoms with Crippen LogP contribution in [0.4, 0.5) is 14.5 Å². The van der Waals surface area contributed by atoms with Crippen LogP contribution in [0.3, 0.4) is 0 Å². The second-order valence-electron chi connectivity index (χ2n) is 3.57. The van der Waals surface area contributed by atoms with Gasteiger partial charge in [0.15, 0.2) is 0 Å². The van der Waals surface area contributed by atoms with Crippen LogP contribution in [0.25, 0.3) is 0 Å². The Balaban J connectivity index is 2.11. The molecule has 18 heavy (non-hydrogen) atoms. The molecule has 0 aliphatic carbocycles. The van der Waals surface area contributed by atoms with Gasteiger partial charge >= 0.3 is 5.97 Å². The van der Waals surface area contributed by atoms with Crippen LogP contribution >= 0.6 is 0 Å². The smallest absolute Gasteiger partial charge is 0.339 e. The van der Waals surface area contributed by atoms with Gasteiger partial charge in [0.2, 0.25) is 0 Å². The average molecular weight is 253 g/mol. The van der Waals surface area contributed by atoms with Gasteiger partial charge in [0.25, 0.3) is 0 Å². The average Bonchev–Trinajstić information content (AvgIpc) is 2.73. The minimum Gasteiger partial charge on any atom is -0.478 e. The monoisotopic (exact) mass is 253 g/mol. The van der Waals surface area contributed by atoms with Gasteiger partial charge in [-0.2, -0.15) is 0 Å². The lowest BCUT2D eigenvalue weighted by Crippen LogP contribution is -2.05. The van der Waals surface area contributed by atoms with E-state index in [1.807, 2.05) is 0 Å². The predicted molar refractivity (Wildman–Crippen MR) is 59.4 cm³/mol. The van der Waals surface area contributed by atoms with Crippen molar-refractivity contribution in [3.63, 3.8) is 0 Å². The van der Waals surface area contributed by atoms with Gasteiger partial charge in [0.1, 0.15) is 23.0 Å². The number of nitrogens with one attached hydrogen (secondary N) is 1. The van der Waals surface area contributed by atoms with Gasteiger partial charge in [-0.15, -0.1) is 0 Å². The van der Waals surface area contributed by atoms with E-state index in [2.05, 4.69) is 5.32 Å². The van der Waals surface area contributed by atoms with Gasteiger partial charge < -0.3 is 14.8 Å². The molecule has 0 spiro atoms. The van der Waals surface area contributed by atoms with Gasteiger partial charge in [0.05, 0.1) is 12.8 Å². The first-order chi connectivity index (χ1) is 8.56. The van der Waals surface area contributed by atoms with Crippen molar-refractivity contribution < 1.29 is 23.1 Å². The molecule has 4 nitrogen and oxygen atoms in total. The summed E-state index contributed by atoms with van der Waals surface area (Å²) in [4.78, 5) is 10.8. The van der Waals surface area contributed by atoms with Crippen molar-refractivity contribution in [2.24, 2.45) is 0 Å². The molecule has 0 aliphatic heterocycles. The van der Waals surface area contributed by atoms with Gasteiger partial charge in [0, 0.05) is 11.8 Å². The molecule has 0 radical (unpaired) electrons. The lowest BCUT2D eigenvalue weighted by molar-refractivity contribution is 0.0694. The number of hydrogen-bond donors (Lipinski definition) is 2. The number of carboxylic acids is 1. The molecule has 0 atom stereocenters. The zero-order chi connectivity index (χ0) is 13.1. The molecule has 0 saturated heterocycles. The Kier molecular flexibility index (Phi) is 3.27. The van der Waals surface area contributed by atoms with Gasteiger partial charge in [-0.05, 0) is 18.2 Å². The molecule has 0 fully saturated rings. The Morgan fingerprint density at radius 3 is 2.56 bits per heavy atom. The largest absolute Gasteiger partial charge is 0.478 e. The zero-order valence-electron chi connectivity index (χ0n) is 9.11. The molecule has 0 aliphatic rings. The maximum atomic E-state index is 12.9. The standard InChI is InChI=1S/C12H9F2NO3/c13-7-3-8(14)5-9(4-7)15-6-11-10(12(16)17)1-2-18-11/h1-5,15H,6H2,(H,16,17). The maximum Gasteiger partial charge on any atom is 0.339 e. The number of carbonyl (C=O) groups is 1. The van der Waals surface area contributed by atoms with Crippen molar-refractivity contribution in [2.75, 3.05) is 5.32 Å². The van der Waals surface area contributed by atoms with Crippen LogP contribution in [-0.4, -0.2) is 11.1 Å². The lowest BCUT2D eigenvalue weighted by Gasteiger charge is -2.05. The van der Waals surface area contributed by atoms with Crippen LogP contribution < -0.4 is 5.32 Å². The number of hydrogen-bond acceptors (Lipinski definition) is 3. The molecule has 0 bridgehead atoms. The molecule has 2 N–H and O–H groups in total. The summed E-state index contributed by atoms with van der Waals surface area (Å²) in [5, 5.41) is 11.5. The molecule has 2 aromatic rings. The van der Waals surface area contributed by atoms with E-state index in [4.69, 9.17) is 9.52 Å². The first-order valence-electron chi connectivity index (χ1n) is 5.06. The highest BCUT2D eigenvalue weighted by molar-refractivity contribution is 5.88. The lowest BCUT2D eigenvalue weighted by atomic mass is 10.2. The van der Waals surface area contributed by atoms with Crippen LogP contribution in [-0.2, 0) is 6.54 Å². The third-order valence-electron chi connectivity index (χ3n) is 2.29. The van der Waals surface area contributed by atoms with Crippen LogP contribution in [0.2, 0.25) is 0 Å². The highest BCUT2D eigenvalue weighted by atomic mass is 19.1. The Morgan fingerprint density at radius 2 is 1.94 bits per heavy atom. The highest BCUT2D eigenvalue weighted by Crippen LogP contribution is 2.16. The fourth-order valence-corrected chi connectivity index (χ4v) is 1.51. The van der Waals surface area contributed by atoms with E-state index in [1.165, 1.54) is 12.3 Å². The van der Waals surface area contributed by atoms with Crippen LogP contribution in [0.5, 0.6) is 0 Å². The second kappa shape index (κ2) is 4.87. The summed E-state index contributed by atoms with van der Waals surface area (Å²) in [5.74, 6) is -2.36. The zero-order valence-corrected chi connectivity index (χ0v) is 9.11. The highest BCUT2D eigenvalue weighted by Gasteiger charge is 2.13. The normalized spacial score (nSPS) is 10.3. The number of anilines is 1. The minimum absolute atomic E-state index is 0.0133. The number of rotatable bonds is 4. The minimum atomic E-state index is -1.12. The van der Waals surface area contributed by atoms with Gasteiger partial charge in [-0.1, -0.05) is 0 Å². The molecule has 1 heterocycles. The fraction of sp³-hybridized carbons (Fsp3) is 0.0833. The third kappa shape index (κ3) is 2.65. The summed E-state index contributed by atoms with van der Waals surface area (Å²) in [7, 11) is 0. The summed E-state index contributed by atoms with van der Waals surface area (Å²) in [6, 6.07) is 4.27. The van der Waals surface area contributed by atoms with E-state index in [9.17, 15) is 13.6 Å². The SMILES string of the molecule is O=C(O)c1ccoc1CNc1cc(F)cc(F)c1. The summed E-state index contributed by atoms with van der Waals surface area (Å²) in [6.45, 7) is 0.0253. The summed E-state index contributed by atoms with van der Waals surface area (Å²) in [6.07, 6.45) is 1.24. The molecular weight excluding hydrogens is 244 g/mol. The number of carboxylic acid groups (broad SMARTS) is 1. The van der Waals surface area contributed by atoms with Crippen LogP contribution in [0.15, 0.2) is 34.9 Å². The van der Waals surface area contributed by atoms with Crippen molar-refractivity contribution in [3.05, 3.63) is 53.5 Å². The number of aromatic carboxylic acids is 1. The van der Waals surface area contributed by atoms with Crippen molar-refractivity contribution in [2.45, 2.75) is 6.54 Å². The van der Waals surface area contributed by atoms with E-state index in [1.54, 1.807) is 0 Å². The van der Waals surface area contributed by atoms with Crippen molar-refractivity contribution >= 4 is 11.7 Å². The number of benzene rings is 1. The summed E-state index contributed by atoms with van der Waals surface area (Å²) < 4.78 is 30.8. The quantitative estimate of drug-likeness (QED) is 0.879. The topological polar surface area (TPSA) is 62.5 Å². The predicted octanol–water partition coefficient (Wildman–Crippen LogP) is 2.87. The first-order valence-corrected chi connectivity index (χ1v) is 5.06. The molecule has 0 amide bonds. The summed E-state index contributed by atoms with van der Waals surface area (Å²) >= 11 is 0. The fourth-order valence-electron chi connectivity index (χ4n) is 1.51. The number of furan rings is 1. The van der Waals surface area contributed by atoms with Gasteiger partial charge in [-0.25, -0.2) is 13.6 Å². The molecule has 1 aromatic carbocycles. The Hall–Kier alpha value is -2.37. The van der Waals surface area contributed by atoms with Crippen molar-refractivity contribution in [3.8, 4) is 0 Å². The summed E-state index contributed by atoms with van der Waals surface area (Å²) in [5.41, 5.74) is 0.222. The van der Waals surface area contributed by atoms with E-state index in [0.29, 0.717) is 0 Å². The molecule has 0 unspecified atom stereocenters.